The second-order valence-corrected chi connectivity index (χ2v) is 5.18. The van der Waals surface area contributed by atoms with Gasteiger partial charge in [-0.2, -0.15) is 0 Å². The summed E-state index contributed by atoms with van der Waals surface area (Å²) in [5.41, 5.74) is 1.66. The molecule has 2 rings (SSSR count). The van der Waals surface area contributed by atoms with E-state index in [1.54, 1.807) is 49.8 Å². The Balaban J connectivity index is 2.28. The number of hydrogen-bond acceptors (Lipinski definition) is 4. The van der Waals surface area contributed by atoms with Crippen LogP contribution in [0.1, 0.15) is 20.8 Å². The third kappa shape index (κ3) is 3.08. The van der Waals surface area contributed by atoms with Crippen molar-refractivity contribution in [2.45, 2.75) is 6.92 Å². The zero-order chi connectivity index (χ0) is 14.5. The molecule has 0 aliphatic rings. The van der Waals surface area contributed by atoms with Gasteiger partial charge in [0.2, 0.25) is 0 Å². The second-order valence-electron chi connectivity index (χ2n) is 4.23. The molecule has 0 unspecified atom stereocenters. The van der Waals surface area contributed by atoms with E-state index >= 15 is 0 Å². The number of rotatable bonds is 5. The quantitative estimate of drug-likeness (QED) is 0.617. The van der Waals surface area contributed by atoms with E-state index in [4.69, 9.17) is 9.47 Å². The van der Waals surface area contributed by atoms with Crippen LogP contribution in [0.5, 0.6) is 11.5 Å². The molecule has 1 aromatic carbocycles. The number of carbonyl (C=O) groups is 1. The van der Waals surface area contributed by atoms with Crippen molar-refractivity contribution in [2.75, 3.05) is 14.2 Å². The number of hydrogen-bond donors (Lipinski definition) is 0. The summed E-state index contributed by atoms with van der Waals surface area (Å²) < 4.78 is 10.4. The van der Waals surface area contributed by atoms with Gasteiger partial charge in [0.1, 0.15) is 11.5 Å². The van der Waals surface area contributed by atoms with Crippen LogP contribution in [0.2, 0.25) is 0 Å². The maximum Gasteiger partial charge on any atom is 0.189 e. The Morgan fingerprint density at radius 1 is 1.20 bits per heavy atom. The molecule has 0 radical (unpaired) electrons. The zero-order valence-corrected chi connectivity index (χ0v) is 12.5. The molecule has 0 fully saturated rings. The van der Waals surface area contributed by atoms with Crippen molar-refractivity contribution in [3.05, 3.63) is 51.7 Å². The maximum absolute atomic E-state index is 12.3. The molecule has 0 amide bonds. The molecule has 0 spiro atoms. The molecule has 1 heterocycles. The van der Waals surface area contributed by atoms with E-state index in [0.717, 1.165) is 10.4 Å². The fourth-order valence-corrected chi connectivity index (χ4v) is 2.62. The first-order valence-corrected chi connectivity index (χ1v) is 7.02. The number of allylic oxidation sites excluding steroid dienone is 1. The molecular weight excluding hydrogens is 272 g/mol. The Kier molecular flexibility index (Phi) is 4.58. The summed E-state index contributed by atoms with van der Waals surface area (Å²) in [6.07, 6.45) is 3.40. The van der Waals surface area contributed by atoms with E-state index < -0.39 is 0 Å². The standard InChI is InChI=1S/C16H16O3S/c1-11-8-9-20-16(11)7-5-14(17)13-10-12(18-2)4-6-15(13)19-3/h4-10H,1-3H3/b7-5+. The first-order valence-electron chi connectivity index (χ1n) is 6.14. The van der Waals surface area contributed by atoms with Crippen LogP contribution in [-0.4, -0.2) is 20.0 Å². The molecular formula is C16H16O3S. The highest BCUT2D eigenvalue weighted by Crippen LogP contribution is 2.25. The number of carbonyl (C=O) groups excluding carboxylic acids is 1. The summed E-state index contributed by atoms with van der Waals surface area (Å²) in [5.74, 6) is 1.08. The predicted molar refractivity (Wildman–Crippen MR) is 82.0 cm³/mol. The minimum atomic E-state index is -0.103. The SMILES string of the molecule is COc1ccc(OC)c(C(=O)/C=C/c2sccc2C)c1. The van der Waals surface area contributed by atoms with Crippen LogP contribution >= 0.6 is 11.3 Å². The lowest BCUT2D eigenvalue weighted by Crippen LogP contribution is -1.99. The normalized spacial score (nSPS) is 10.8. The van der Waals surface area contributed by atoms with Gasteiger partial charge in [-0.1, -0.05) is 0 Å². The molecule has 4 heteroatoms. The Labute approximate surface area is 122 Å². The lowest BCUT2D eigenvalue weighted by molar-refractivity contribution is 0.104. The van der Waals surface area contributed by atoms with Gasteiger partial charge in [0, 0.05) is 4.88 Å². The van der Waals surface area contributed by atoms with Gasteiger partial charge in [-0.15, -0.1) is 11.3 Å². The van der Waals surface area contributed by atoms with Crippen molar-refractivity contribution in [3.8, 4) is 11.5 Å². The Hall–Kier alpha value is -2.07. The van der Waals surface area contributed by atoms with E-state index in [0.29, 0.717) is 17.1 Å². The maximum atomic E-state index is 12.3. The fraction of sp³-hybridized carbons (Fsp3) is 0.188. The highest BCUT2D eigenvalue weighted by Gasteiger charge is 2.11. The lowest BCUT2D eigenvalue weighted by Gasteiger charge is -2.07. The smallest absolute Gasteiger partial charge is 0.189 e. The average Bonchev–Trinajstić information content (AvgIpc) is 2.89. The van der Waals surface area contributed by atoms with Crippen molar-refractivity contribution in [1.29, 1.82) is 0 Å². The molecule has 0 saturated carbocycles. The van der Waals surface area contributed by atoms with Crippen LogP contribution in [0.25, 0.3) is 6.08 Å². The number of thiophene rings is 1. The van der Waals surface area contributed by atoms with Crippen LogP contribution in [0.3, 0.4) is 0 Å². The van der Waals surface area contributed by atoms with Crippen molar-refractivity contribution in [1.82, 2.24) is 0 Å². The highest BCUT2D eigenvalue weighted by molar-refractivity contribution is 7.11. The topological polar surface area (TPSA) is 35.5 Å². The number of benzene rings is 1. The first kappa shape index (κ1) is 14.3. The molecule has 104 valence electrons. The van der Waals surface area contributed by atoms with Gasteiger partial charge in [-0.05, 0) is 54.3 Å². The van der Waals surface area contributed by atoms with Crippen molar-refractivity contribution in [2.24, 2.45) is 0 Å². The van der Waals surface area contributed by atoms with Crippen LogP contribution in [0.4, 0.5) is 0 Å². The Morgan fingerprint density at radius 3 is 2.60 bits per heavy atom. The largest absolute Gasteiger partial charge is 0.497 e. The lowest BCUT2D eigenvalue weighted by atomic mass is 10.1. The average molecular weight is 288 g/mol. The van der Waals surface area contributed by atoms with Gasteiger partial charge in [-0.25, -0.2) is 0 Å². The number of methoxy groups -OCH3 is 2. The third-order valence-corrected chi connectivity index (χ3v) is 3.94. The summed E-state index contributed by atoms with van der Waals surface area (Å²) >= 11 is 1.61. The molecule has 0 atom stereocenters. The Bertz CT molecular complexity index is 641. The van der Waals surface area contributed by atoms with E-state index in [1.807, 2.05) is 24.4 Å². The fourth-order valence-electron chi connectivity index (χ4n) is 1.80. The number of ketones is 1. The summed E-state index contributed by atoms with van der Waals surface area (Å²) in [5, 5.41) is 2.01. The Morgan fingerprint density at radius 2 is 2.00 bits per heavy atom. The van der Waals surface area contributed by atoms with Gasteiger partial charge in [-0.3, -0.25) is 4.79 Å². The van der Waals surface area contributed by atoms with Gasteiger partial charge in [0.15, 0.2) is 5.78 Å². The van der Waals surface area contributed by atoms with E-state index in [2.05, 4.69) is 0 Å². The van der Waals surface area contributed by atoms with E-state index in [1.165, 1.54) is 0 Å². The molecule has 0 bridgehead atoms. The van der Waals surface area contributed by atoms with Crippen LogP contribution in [0.15, 0.2) is 35.7 Å². The summed E-state index contributed by atoms with van der Waals surface area (Å²) in [4.78, 5) is 13.4. The van der Waals surface area contributed by atoms with Crippen molar-refractivity contribution < 1.29 is 14.3 Å². The molecule has 1 aromatic heterocycles. The molecule has 20 heavy (non-hydrogen) atoms. The number of ether oxygens (including phenoxy) is 2. The van der Waals surface area contributed by atoms with Crippen molar-refractivity contribution >= 4 is 23.2 Å². The van der Waals surface area contributed by atoms with E-state index in [9.17, 15) is 4.79 Å². The van der Waals surface area contributed by atoms with Gasteiger partial charge in [0.05, 0.1) is 19.8 Å². The molecule has 0 saturated heterocycles. The predicted octanol–water partition coefficient (Wildman–Crippen LogP) is 3.97. The van der Waals surface area contributed by atoms with Crippen LogP contribution in [0, 0.1) is 6.92 Å². The second kappa shape index (κ2) is 6.39. The van der Waals surface area contributed by atoms with Gasteiger partial charge >= 0.3 is 0 Å². The summed E-state index contributed by atoms with van der Waals surface area (Å²) in [6.45, 7) is 2.02. The molecule has 0 N–H and O–H groups in total. The summed E-state index contributed by atoms with van der Waals surface area (Å²) in [7, 11) is 3.12. The van der Waals surface area contributed by atoms with Crippen molar-refractivity contribution in [3.63, 3.8) is 0 Å². The van der Waals surface area contributed by atoms with Gasteiger partial charge in [0.25, 0.3) is 0 Å². The van der Waals surface area contributed by atoms with E-state index in [-0.39, 0.29) is 5.78 Å². The molecule has 0 aliphatic carbocycles. The molecule has 2 aromatic rings. The van der Waals surface area contributed by atoms with Crippen LogP contribution < -0.4 is 9.47 Å². The molecule has 0 aliphatic heterocycles. The summed E-state index contributed by atoms with van der Waals surface area (Å²) in [6, 6.07) is 7.22. The zero-order valence-electron chi connectivity index (χ0n) is 11.7. The minimum Gasteiger partial charge on any atom is -0.497 e. The van der Waals surface area contributed by atoms with Crippen LogP contribution in [-0.2, 0) is 0 Å². The monoisotopic (exact) mass is 288 g/mol. The minimum absolute atomic E-state index is 0.103. The van der Waals surface area contributed by atoms with Gasteiger partial charge < -0.3 is 9.47 Å². The molecule has 3 nitrogen and oxygen atoms in total. The number of aryl methyl sites for hydroxylation is 1. The highest BCUT2D eigenvalue weighted by atomic mass is 32.1. The first-order chi connectivity index (χ1) is 9.65. The third-order valence-electron chi connectivity index (χ3n) is 2.96.